The monoisotopic (exact) mass is 287 g/mol. The standard InChI is InChI=1S/C15H10FNO4/c16-10-7-11-14(12(8-10)17(19)20)13(21-15(11)18)6-9-4-2-1-3-5-9/h1-5,7-8,13H,6H2. The number of cyclic esters (lactones) is 1. The molecule has 0 saturated carbocycles. The highest BCUT2D eigenvalue weighted by Gasteiger charge is 2.38. The second kappa shape index (κ2) is 4.97. The van der Waals surface area contributed by atoms with Crippen LogP contribution in [0.15, 0.2) is 42.5 Å². The number of ether oxygens (including phenoxy) is 1. The number of carbonyl (C=O) groups excluding carboxylic acids is 1. The molecule has 21 heavy (non-hydrogen) atoms. The number of rotatable bonds is 3. The van der Waals surface area contributed by atoms with Gasteiger partial charge in [-0.25, -0.2) is 9.18 Å². The molecule has 0 saturated heterocycles. The molecule has 0 N–H and O–H groups in total. The molecule has 106 valence electrons. The zero-order chi connectivity index (χ0) is 15.0. The summed E-state index contributed by atoms with van der Waals surface area (Å²) in [4.78, 5) is 22.2. The van der Waals surface area contributed by atoms with Gasteiger partial charge in [0.25, 0.3) is 5.69 Å². The molecule has 1 atom stereocenters. The maximum Gasteiger partial charge on any atom is 0.339 e. The molecule has 0 bridgehead atoms. The molecule has 0 radical (unpaired) electrons. The molecule has 1 aliphatic heterocycles. The number of esters is 1. The van der Waals surface area contributed by atoms with Crippen LogP contribution < -0.4 is 0 Å². The van der Waals surface area contributed by atoms with Gasteiger partial charge in [0.05, 0.1) is 22.1 Å². The predicted octanol–water partition coefficient (Wildman–Crippen LogP) is 3.19. The maximum absolute atomic E-state index is 13.4. The Balaban J connectivity index is 2.06. The van der Waals surface area contributed by atoms with Crippen LogP contribution in [0.2, 0.25) is 0 Å². The van der Waals surface area contributed by atoms with E-state index in [1.807, 2.05) is 30.3 Å². The van der Waals surface area contributed by atoms with Gasteiger partial charge >= 0.3 is 5.97 Å². The molecule has 5 nitrogen and oxygen atoms in total. The maximum atomic E-state index is 13.4. The van der Waals surface area contributed by atoms with Crippen molar-refractivity contribution in [2.24, 2.45) is 0 Å². The van der Waals surface area contributed by atoms with E-state index < -0.39 is 28.5 Å². The lowest BCUT2D eigenvalue weighted by Crippen LogP contribution is -2.05. The van der Waals surface area contributed by atoms with Gasteiger partial charge in [-0.05, 0) is 11.6 Å². The van der Waals surface area contributed by atoms with Crippen LogP contribution in [0, 0.1) is 15.9 Å². The molecule has 2 aromatic carbocycles. The molecule has 1 aliphatic rings. The second-order valence-corrected chi connectivity index (χ2v) is 4.73. The first-order chi connectivity index (χ1) is 10.1. The number of hydrogen-bond acceptors (Lipinski definition) is 4. The summed E-state index contributed by atoms with van der Waals surface area (Å²) in [6, 6.07) is 11.0. The molecule has 0 aromatic heterocycles. The third-order valence-corrected chi connectivity index (χ3v) is 3.37. The zero-order valence-electron chi connectivity index (χ0n) is 10.8. The van der Waals surface area contributed by atoms with Crippen LogP contribution >= 0.6 is 0 Å². The van der Waals surface area contributed by atoms with Gasteiger partial charge in [0, 0.05) is 6.42 Å². The van der Waals surface area contributed by atoms with Crippen molar-refractivity contribution in [3.05, 3.63) is 75.1 Å². The largest absolute Gasteiger partial charge is 0.453 e. The van der Waals surface area contributed by atoms with Crippen molar-refractivity contribution < 1.29 is 18.8 Å². The predicted molar refractivity (Wildman–Crippen MR) is 71.4 cm³/mol. The lowest BCUT2D eigenvalue weighted by Gasteiger charge is -2.10. The van der Waals surface area contributed by atoms with Gasteiger partial charge in [0.15, 0.2) is 0 Å². The van der Waals surface area contributed by atoms with Gasteiger partial charge in [0.2, 0.25) is 0 Å². The lowest BCUT2D eigenvalue weighted by molar-refractivity contribution is -0.386. The van der Waals surface area contributed by atoms with Crippen molar-refractivity contribution in [1.29, 1.82) is 0 Å². The molecule has 1 heterocycles. The molecular weight excluding hydrogens is 277 g/mol. The van der Waals surface area contributed by atoms with Crippen LogP contribution in [0.25, 0.3) is 0 Å². The summed E-state index contributed by atoms with van der Waals surface area (Å²) in [5, 5.41) is 11.1. The number of benzene rings is 2. The van der Waals surface area contributed by atoms with Crippen molar-refractivity contribution in [2.45, 2.75) is 12.5 Å². The summed E-state index contributed by atoms with van der Waals surface area (Å²) in [5.41, 5.74) is 0.538. The van der Waals surface area contributed by atoms with Crippen LogP contribution in [-0.4, -0.2) is 10.9 Å². The van der Waals surface area contributed by atoms with Gasteiger partial charge in [-0.3, -0.25) is 10.1 Å². The van der Waals surface area contributed by atoms with Crippen LogP contribution in [0.4, 0.5) is 10.1 Å². The fraction of sp³-hybridized carbons (Fsp3) is 0.133. The average Bonchev–Trinajstić information content (AvgIpc) is 2.75. The van der Waals surface area contributed by atoms with Gasteiger partial charge in [0.1, 0.15) is 11.9 Å². The van der Waals surface area contributed by atoms with Crippen LogP contribution in [0.1, 0.15) is 27.6 Å². The molecular formula is C15H10FNO4. The van der Waals surface area contributed by atoms with Crippen molar-refractivity contribution >= 4 is 11.7 Å². The average molecular weight is 287 g/mol. The third kappa shape index (κ3) is 2.35. The molecule has 3 rings (SSSR count). The molecule has 2 aromatic rings. The van der Waals surface area contributed by atoms with Gasteiger partial charge in [-0.2, -0.15) is 0 Å². The van der Waals surface area contributed by atoms with E-state index in [4.69, 9.17) is 4.74 Å². The summed E-state index contributed by atoms with van der Waals surface area (Å²) < 4.78 is 18.6. The SMILES string of the molecule is O=C1OC(Cc2ccccc2)c2c1cc(F)cc2[N+](=O)[O-]. The molecule has 0 spiro atoms. The highest BCUT2D eigenvalue weighted by atomic mass is 19.1. The fourth-order valence-electron chi connectivity index (χ4n) is 2.49. The van der Waals surface area contributed by atoms with E-state index in [9.17, 15) is 19.3 Å². The lowest BCUT2D eigenvalue weighted by atomic mass is 9.97. The number of hydrogen-bond donors (Lipinski definition) is 0. The minimum atomic E-state index is -0.822. The number of carbonyl (C=O) groups is 1. The summed E-state index contributed by atoms with van der Waals surface area (Å²) >= 11 is 0. The molecule has 6 heteroatoms. The summed E-state index contributed by atoms with van der Waals surface area (Å²) in [5.74, 6) is -1.55. The summed E-state index contributed by atoms with van der Waals surface area (Å²) in [6.45, 7) is 0. The van der Waals surface area contributed by atoms with E-state index in [0.717, 1.165) is 17.7 Å². The van der Waals surface area contributed by atoms with E-state index in [2.05, 4.69) is 0 Å². The fourth-order valence-corrected chi connectivity index (χ4v) is 2.49. The number of fused-ring (bicyclic) bond motifs is 1. The minimum Gasteiger partial charge on any atom is -0.453 e. The van der Waals surface area contributed by atoms with E-state index in [-0.39, 0.29) is 11.1 Å². The Morgan fingerprint density at radius 3 is 2.62 bits per heavy atom. The topological polar surface area (TPSA) is 69.4 Å². The molecule has 1 unspecified atom stereocenters. The Morgan fingerprint density at radius 2 is 1.95 bits per heavy atom. The number of nitro groups is 1. The Labute approximate surface area is 119 Å². The Hall–Kier alpha value is -2.76. The highest BCUT2D eigenvalue weighted by Crippen LogP contribution is 2.39. The van der Waals surface area contributed by atoms with Crippen molar-refractivity contribution in [3.8, 4) is 0 Å². The number of nitro benzene ring substituents is 1. The van der Waals surface area contributed by atoms with Crippen LogP contribution in [0.5, 0.6) is 0 Å². The van der Waals surface area contributed by atoms with Crippen LogP contribution in [0.3, 0.4) is 0 Å². The van der Waals surface area contributed by atoms with Crippen LogP contribution in [-0.2, 0) is 11.2 Å². The Morgan fingerprint density at radius 1 is 1.24 bits per heavy atom. The second-order valence-electron chi connectivity index (χ2n) is 4.73. The summed E-state index contributed by atoms with van der Waals surface area (Å²) in [7, 11) is 0. The van der Waals surface area contributed by atoms with Crippen molar-refractivity contribution in [3.63, 3.8) is 0 Å². The normalized spacial score (nSPS) is 16.4. The number of halogens is 1. The van der Waals surface area contributed by atoms with Gasteiger partial charge in [-0.1, -0.05) is 30.3 Å². The zero-order valence-corrected chi connectivity index (χ0v) is 10.8. The van der Waals surface area contributed by atoms with Crippen molar-refractivity contribution in [2.75, 3.05) is 0 Å². The van der Waals surface area contributed by atoms with Gasteiger partial charge in [-0.15, -0.1) is 0 Å². The van der Waals surface area contributed by atoms with Crippen molar-refractivity contribution in [1.82, 2.24) is 0 Å². The quantitative estimate of drug-likeness (QED) is 0.494. The molecule has 0 fully saturated rings. The van der Waals surface area contributed by atoms with E-state index in [1.54, 1.807) is 0 Å². The highest BCUT2D eigenvalue weighted by molar-refractivity contribution is 5.95. The minimum absolute atomic E-state index is 0.0670. The Bertz CT molecular complexity index is 730. The van der Waals surface area contributed by atoms with Gasteiger partial charge < -0.3 is 4.74 Å². The first-order valence-corrected chi connectivity index (χ1v) is 6.29. The number of nitrogens with zero attached hydrogens (tertiary/aromatic N) is 1. The smallest absolute Gasteiger partial charge is 0.339 e. The Kier molecular flexibility index (Phi) is 3.13. The first-order valence-electron chi connectivity index (χ1n) is 6.29. The van der Waals surface area contributed by atoms with E-state index in [1.165, 1.54) is 0 Å². The molecule has 0 aliphatic carbocycles. The summed E-state index contributed by atoms with van der Waals surface area (Å²) in [6.07, 6.45) is -0.456. The third-order valence-electron chi connectivity index (χ3n) is 3.37. The first kappa shape index (κ1) is 13.2. The molecule has 0 amide bonds. The van der Waals surface area contributed by atoms with E-state index in [0.29, 0.717) is 6.42 Å². The van der Waals surface area contributed by atoms with E-state index >= 15 is 0 Å².